The van der Waals surface area contributed by atoms with Gasteiger partial charge in [-0.3, -0.25) is 4.79 Å². The van der Waals surface area contributed by atoms with E-state index in [1.165, 1.54) is 6.08 Å². The molecule has 0 aromatic rings. The fourth-order valence-electron chi connectivity index (χ4n) is 1.70. The Kier molecular flexibility index (Phi) is 3.66. The normalized spacial score (nSPS) is 22.9. The first-order valence-corrected chi connectivity index (χ1v) is 4.67. The highest BCUT2D eigenvalue weighted by atomic mass is 16.2. The minimum Gasteiger partial charge on any atom is -0.333 e. The minimum absolute atomic E-state index is 0.0178. The van der Waals surface area contributed by atoms with Crippen LogP contribution in [0.15, 0.2) is 12.7 Å². The van der Waals surface area contributed by atoms with Crippen LogP contribution in [0.1, 0.15) is 6.42 Å². The Morgan fingerprint density at radius 2 is 2.43 bits per heavy atom. The Hall–Kier alpha value is -1.34. The van der Waals surface area contributed by atoms with Crippen LogP contribution in [-0.4, -0.2) is 48.4 Å². The summed E-state index contributed by atoms with van der Waals surface area (Å²) in [6, 6.07) is 2.13. The number of nitrogens with zero attached hydrogens (tertiary/aromatic N) is 3. The van der Waals surface area contributed by atoms with E-state index in [0.29, 0.717) is 13.0 Å². The van der Waals surface area contributed by atoms with Gasteiger partial charge in [0.05, 0.1) is 18.5 Å². The molecule has 1 fully saturated rings. The van der Waals surface area contributed by atoms with Gasteiger partial charge in [-0.1, -0.05) is 6.58 Å². The average Bonchev–Trinajstić information content (AvgIpc) is 2.17. The van der Waals surface area contributed by atoms with Gasteiger partial charge in [0.2, 0.25) is 5.91 Å². The Labute approximate surface area is 84.4 Å². The van der Waals surface area contributed by atoms with Gasteiger partial charge in [0.15, 0.2) is 0 Å². The highest BCUT2D eigenvalue weighted by Gasteiger charge is 2.27. The summed E-state index contributed by atoms with van der Waals surface area (Å²) in [4.78, 5) is 15.3. The van der Waals surface area contributed by atoms with E-state index < -0.39 is 0 Å². The fourth-order valence-corrected chi connectivity index (χ4v) is 1.70. The predicted octanol–water partition coefficient (Wildman–Crippen LogP) is 0.229. The van der Waals surface area contributed by atoms with Crippen molar-refractivity contribution in [2.24, 2.45) is 0 Å². The molecule has 0 aromatic carbocycles. The number of hydrogen-bond donors (Lipinski definition) is 0. The monoisotopic (exact) mass is 193 g/mol. The molecule has 0 N–H and O–H groups in total. The zero-order chi connectivity index (χ0) is 10.6. The summed E-state index contributed by atoms with van der Waals surface area (Å²) in [5.74, 6) is -0.0710. The Bertz CT molecular complexity index is 269. The molecular weight excluding hydrogens is 178 g/mol. The van der Waals surface area contributed by atoms with Gasteiger partial charge in [-0.2, -0.15) is 5.26 Å². The molecule has 1 heterocycles. The van der Waals surface area contributed by atoms with Gasteiger partial charge in [-0.05, 0) is 13.1 Å². The highest BCUT2D eigenvalue weighted by molar-refractivity contribution is 5.87. The third-order valence-electron chi connectivity index (χ3n) is 2.47. The summed E-state index contributed by atoms with van der Waals surface area (Å²) in [5.41, 5.74) is 0. The lowest BCUT2D eigenvalue weighted by atomic mass is 10.1. The molecule has 1 atom stereocenters. The van der Waals surface area contributed by atoms with Crippen molar-refractivity contribution >= 4 is 5.91 Å². The molecule has 1 saturated heterocycles. The van der Waals surface area contributed by atoms with Gasteiger partial charge in [-0.15, -0.1) is 0 Å². The van der Waals surface area contributed by atoms with E-state index in [9.17, 15) is 4.79 Å². The quantitative estimate of drug-likeness (QED) is 0.590. The van der Waals surface area contributed by atoms with E-state index in [1.807, 2.05) is 7.05 Å². The van der Waals surface area contributed by atoms with Crippen molar-refractivity contribution in [3.05, 3.63) is 12.7 Å². The maximum absolute atomic E-state index is 11.4. The molecule has 1 amide bonds. The van der Waals surface area contributed by atoms with Gasteiger partial charge in [0, 0.05) is 19.6 Å². The van der Waals surface area contributed by atoms with E-state index in [4.69, 9.17) is 5.26 Å². The van der Waals surface area contributed by atoms with Crippen molar-refractivity contribution < 1.29 is 4.79 Å². The molecule has 0 radical (unpaired) electrons. The topological polar surface area (TPSA) is 47.3 Å². The average molecular weight is 193 g/mol. The van der Waals surface area contributed by atoms with E-state index in [1.54, 1.807) is 4.90 Å². The predicted molar refractivity (Wildman–Crippen MR) is 53.4 cm³/mol. The second kappa shape index (κ2) is 4.77. The van der Waals surface area contributed by atoms with Crippen molar-refractivity contribution in [1.82, 2.24) is 9.80 Å². The van der Waals surface area contributed by atoms with Crippen LogP contribution < -0.4 is 0 Å². The number of piperazine rings is 1. The van der Waals surface area contributed by atoms with Crippen LogP contribution in [0.3, 0.4) is 0 Å². The number of likely N-dealkylation sites (N-methyl/N-ethyl adjacent to an activating group) is 1. The second-order valence-corrected chi connectivity index (χ2v) is 3.51. The van der Waals surface area contributed by atoms with Crippen LogP contribution in [0.5, 0.6) is 0 Å². The van der Waals surface area contributed by atoms with Crippen LogP contribution in [0.2, 0.25) is 0 Å². The van der Waals surface area contributed by atoms with Crippen LogP contribution in [-0.2, 0) is 4.79 Å². The number of amides is 1. The number of nitriles is 1. The minimum atomic E-state index is -0.0710. The number of hydrogen-bond acceptors (Lipinski definition) is 3. The van der Waals surface area contributed by atoms with Gasteiger partial charge in [0.1, 0.15) is 0 Å². The van der Waals surface area contributed by atoms with Gasteiger partial charge in [-0.25, -0.2) is 0 Å². The zero-order valence-corrected chi connectivity index (χ0v) is 8.44. The molecule has 14 heavy (non-hydrogen) atoms. The van der Waals surface area contributed by atoms with E-state index in [-0.39, 0.29) is 11.9 Å². The molecule has 1 aliphatic heterocycles. The largest absolute Gasteiger partial charge is 0.333 e. The molecule has 1 rings (SSSR count). The van der Waals surface area contributed by atoms with Crippen LogP contribution >= 0.6 is 0 Å². The van der Waals surface area contributed by atoms with E-state index >= 15 is 0 Å². The van der Waals surface area contributed by atoms with Crippen LogP contribution in [0.25, 0.3) is 0 Å². The number of carbonyl (C=O) groups excluding carboxylic acids is 1. The van der Waals surface area contributed by atoms with Crippen molar-refractivity contribution in [2.75, 3.05) is 26.7 Å². The van der Waals surface area contributed by atoms with Gasteiger partial charge in [0.25, 0.3) is 0 Å². The highest BCUT2D eigenvalue weighted by Crippen LogP contribution is 2.11. The second-order valence-electron chi connectivity index (χ2n) is 3.51. The maximum Gasteiger partial charge on any atom is 0.246 e. The Balaban J connectivity index is 2.67. The smallest absolute Gasteiger partial charge is 0.246 e. The third-order valence-corrected chi connectivity index (χ3v) is 2.47. The van der Waals surface area contributed by atoms with Crippen molar-refractivity contribution in [3.8, 4) is 6.07 Å². The van der Waals surface area contributed by atoms with Crippen molar-refractivity contribution in [3.63, 3.8) is 0 Å². The molecule has 0 unspecified atom stereocenters. The summed E-state index contributed by atoms with van der Waals surface area (Å²) < 4.78 is 0. The van der Waals surface area contributed by atoms with Crippen LogP contribution in [0, 0.1) is 11.3 Å². The molecule has 0 aromatic heterocycles. The first kappa shape index (κ1) is 10.7. The standard InChI is InChI=1S/C10H15N3O/c1-3-10(14)13-7-6-12(2)8-9(13)4-5-11/h3,9H,1,4,6-8H2,2H3/t9-/m0/s1. The van der Waals surface area contributed by atoms with Gasteiger partial charge >= 0.3 is 0 Å². The number of carbonyl (C=O) groups is 1. The molecule has 0 saturated carbocycles. The van der Waals surface area contributed by atoms with E-state index in [0.717, 1.165) is 13.1 Å². The molecule has 1 aliphatic rings. The maximum atomic E-state index is 11.4. The third kappa shape index (κ3) is 2.33. The van der Waals surface area contributed by atoms with Gasteiger partial charge < -0.3 is 9.80 Å². The molecule has 0 bridgehead atoms. The molecule has 0 spiro atoms. The number of rotatable bonds is 2. The summed E-state index contributed by atoms with van der Waals surface area (Å²) in [6.07, 6.45) is 1.71. The lowest BCUT2D eigenvalue weighted by Crippen LogP contribution is -2.53. The van der Waals surface area contributed by atoms with Crippen molar-refractivity contribution in [1.29, 1.82) is 5.26 Å². The first-order valence-electron chi connectivity index (χ1n) is 4.67. The lowest BCUT2D eigenvalue weighted by Gasteiger charge is -2.38. The lowest BCUT2D eigenvalue weighted by molar-refractivity contribution is -0.130. The molecule has 4 nitrogen and oxygen atoms in total. The summed E-state index contributed by atoms with van der Waals surface area (Å²) >= 11 is 0. The SMILES string of the molecule is C=CC(=O)N1CCN(C)C[C@@H]1CC#N. The Morgan fingerprint density at radius 3 is 3.00 bits per heavy atom. The molecular formula is C10H15N3O. The Morgan fingerprint density at radius 1 is 1.71 bits per heavy atom. The molecule has 4 heteroatoms. The fraction of sp³-hybridized carbons (Fsp3) is 0.600. The summed E-state index contributed by atoms with van der Waals surface area (Å²) in [5, 5.41) is 8.64. The van der Waals surface area contributed by atoms with Crippen molar-refractivity contribution in [2.45, 2.75) is 12.5 Å². The zero-order valence-electron chi connectivity index (χ0n) is 8.44. The summed E-state index contributed by atoms with van der Waals surface area (Å²) in [6.45, 7) is 5.78. The van der Waals surface area contributed by atoms with Crippen LogP contribution in [0.4, 0.5) is 0 Å². The summed E-state index contributed by atoms with van der Waals surface area (Å²) in [7, 11) is 2.00. The molecule has 76 valence electrons. The molecule has 0 aliphatic carbocycles. The van der Waals surface area contributed by atoms with E-state index in [2.05, 4.69) is 17.5 Å². The first-order chi connectivity index (χ1) is 6.69.